The predicted octanol–water partition coefficient (Wildman–Crippen LogP) is 2.60. The van der Waals surface area contributed by atoms with E-state index in [4.69, 9.17) is 21.6 Å². The van der Waals surface area contributed by atoms with Crippen LogP contribution >= 0.6 is 23.4 Å². The molecule has 0 unspecified atom stereocenters. The number of halogens is 1. The Morgan fingerprint density at radius 2 is 2.40 bits per heavy atom. The zero-order chi connectivity index (χ0) is 14.7. The van der Waals surface area contributed by atoms with Crippen molar-refractivity contribution in [2.75, 3.05) is 5.32 Å². The van der Waals surface area contributed by atoms with Crippen LogP contribution in [0.25, 0.3) is 0 Å². The third kappa shape index (κ3) is 3.44. The molecule has 0 radical (unpaired) electrons. The van der Waals surface area contributed by atoms with E-state index >= 15 is 0 Å². The van der Waals surface area contributed by atoms with Gasteiger partial charge in [-0.3, -0.25) is 9.59 Å². The maximum Gasteiger partial charge on any atom is 0.308 e. The van der Waals surface area contributed by atoms with Gasteiger partial charge in [-0.1, -0.05) is 11.6 Å². The Labute approximate surface area is 125 Å². The summed E-state index contributed by atoms with van der Waals surface area (Å²) in [5.41, 5.74) is 0.641. The average molecular weight is 311 g/mol. The molecule has 1 aromatic rings. The van der Waals surface area contributed by atoms with Gasteiger partial charge in [0, 0.05) is 9.92 Å². The molecule has 7 heteroatoms. The van der Waals surface area contributed by atoms with E-state index in [1.807, 2.05) is 0 Å². The molecule has 1 aliphatic heterocycles. The third-order valence-corrected chi connectivity index (χ3v) is 4.11. The summed E-state index contributed by atoms with van der Waals surface area (Å²) in [6.45, 7) is 1.48. The van der Waals surface area contributed by atoms with Gasteiger partial charge in [0.15, 0.2) is 6.10 Å². The lowest BCUT2D eigenvalue weighted by Crippen LogP contribution is -2.32. The number of esters is 1. The number of nitrogens with one attached hydrogen (secondary N) is 1. The van der Waals surface area contributed by atoms with Crippen LogP contribution in [-0.2, 0) is 14.3 Å². The van der Waals surface area contributed by atoms with Crippen LogP contribution in [0.3, 0.4) is 0 Å². The number of benzene rings is 1. The normalized spacial score (nSPS) is 18.4. The van der Waals surface area contributed by atoms with Crippen LogP contribution in [0.4, 0.5) is 5.69 Å². The number of hydrogen-bond acceptors (Lipinski definition) is 5. The van der Waals surface area contributed by atoms with Crippen molar-refractivity contribution in [1.82, 2.24) is 0 Å². The minimum atomic E-state index is -0.815. The van der Waals surface area contributed by atoms with E-state index in [0.717, 1.165) is 4.90 Å². The number of carbonyl (C=O) groups is 2. The second kappa shape index (κ2) is 6.16. The molecule has 0 aromatic heterocycles. The van der Waals surface area contributed by atoms with E-state index in [0.29, 0.717) is 10.7 Å². The summed E-state index contributed by atoms with van der Waals surface area (Å²) >= 11 is 7.14. The number of carbonyl (C=O) groups excluding carboxylic acids is 2. The first-order chi connectivity index (χ1) is 9.49. The smallest absolute Gasteiger partial charge is 0.308 e. The van der Waals surface area contributed by atoms with E-state index in [1.54, 1.807) is 24.3 Å². The van der Waals surface area contributed by atoms with Gasteiger partial charge in [0.1, 0.15) is 6.07 Å². The molecular formula is C13H11ClN2O3S. The van der Waals surface area contributed by atoms with Crippen LogP contribution < -0.4 is 5.32 Å². The molecule has 2 rings (SSSR count). The van der Waals surface area contributed by atoms with Gasteiger partial charge in [-0.15, -0.1) is 11.8 Å². The zero-order valence-corrected chi connectivity index (χ0v) is 12.1. The summed E-state index contributed by atoms with van der Waals surface area (Å²) in [7, 11) is 0. The Bertz CT molecular complexity index is 600. The molecule has 1 heterocycles. The Kier molecular flexibility index (Phi) is 4.53. The van der Waals surface area contributed by atoms with E-state index in [1.165, 1.54) is 18.7 Å². The standard InChI is InChI=1S/C13H11ClN2O3S/c1-7(6-15)19-12(17)5-11-13(18)16-9-4-8(14)2-3-10(9)20-11/h2-4,7,11H,5H2,1H3,(H,16,18)/t7-,11-/m1/s1. The van der Waals surface area contributed by atoms with Gasteiger partial charge in [0.2, 0.25) is 5.91 Å². The minimum Gasteiger partial charge on any atom is -0.447 e. The first-order valence-electron chi connectivity index (χ1n) is 5.86. The molecule has 0 aliphatic carbocycles. The number of ether oxygens (including phenoxy) is 1. The van der Waals surface area contributed by atoms with Crippen LogP contribution in [0, 0.1) is 11.3 Å². The summed E-state index contributed by atoms with van der Waals surface area (Å²) in [5, 5.41) is 11.2. The van der Waals surface area contributed by atoms with Crippen molar-refractivity contribution >= 4 is 40.9 Å². The zero-order valence-electron chi connectivity index (χ0n) is 10.6. The van der Waals surface area contributed by atoms with Gasteiger partial charge >= 0.3 is 5.97 Å². The summed E-state index contributed by atoms with van der Waals surface area (Å²) in [6, 6.07) is 6.97. The molecule has 0 saturated heterocycles. The molecule has 5 nitrogen and oxygen atoms in total. The number of fused-ring (bicyclic) bond motifs is 1. The number of hydrogen-bond donors (Lipinski definition) is 1. The largest absolute Gasteiger partial charge is 0.447 e. The van der Waals surface area contributed by atoms with Gasteiger partial charge in [0.05, 0.1) is 17.4 Å². The molecule has 1 aliphatic rings. The second-order valence-corrected chi connectivity index (χ2v) is 5.88. The van der Waals surface area contributed by atoms with Crippen LogP contribution in [0.15, 0.2) is 23.1 Å². The highest BCUT2D eigenvalue weighted by Crippen LogP contribution is 2.38. The summed E-state index contributed by atoms with van der Waals surface area (Å²) in [5.74, 6) is -0.838. The molecule has 0 bridgehead atoms. The molecule has 2 atom stereocenters. The van der Waals surface area contributed by atoms with E-state index in [9.17, 15) is 9.59 Å². The fraction of sp³-hybridized carbons (Fsp3) is 0.308. The van der Waals surface area contributed by atoms with Crippen LogP contribution in [0.2, 0.25) is 5.02 Å². The number of anilines is 1. The van der Waals surface area contributed by atoms with Crippen molar-refractivity contribution in [3.05, 3.63) is 23.2 Å². The fourth-order valence-electron chi connectivity index (χ4n) is 1.68. The van der Waals surface area contributed by atoms with E-state index < -0.39 is 17.3 Å². The quantitative estimate of drug-likeness (QED) is 0.868. The number of rotatable bonds is 3. The summed E-state index contributed by atoms with van der Waals surface area (Å²) in [4.78, 5) is 24.4. The Morgan fingerprint density at radius 3 is 3.10 bits per heavy atom. The molecule has 1 aromatic carbocycles. The van der Waals surface area contributed by atoms with Gasteiger partial charge in [-0.25, -0.2) is 0 Å². The molecule has 0 saturated carbocycles. The molecule has 0 spiro atoms. The Hall–Kier alpha value is -1.71. The maximum absolute atomic E-state index is 11.9. The molecule has 1 amide bonds. The van der Waals surface area contributed by atoms with Crippen molar-refractivity contribution in [1.29, 1.82) is 5.26 Å². The van der Waals surface area contributed by atoms with Crippen molar-refractivity contribution in [3.8, 4) is 6.07 Å². The van der Waals surface area contributed by atoms with Gasteiger partial charge < -0.3 is 10.1 Å². The highest BCUT2D eigenvalue weighted by atomic mass is 35.5. The Balaban J connectivity index is 2.05. The molecule has 104 valence electrons. The van der Waals surface area contributed by atoms with Gasteiger partial charge in [-0.2, -0.15) is 5.26 Å². The predicted molar refractivity (Wildman–Crippen MR) is 75.5 cm³/mol. The molecular weight excluding hydrogens is 300 g/mol. The number of nitriles is 1. The van der Waals surface area contributed by atoms with Crippen molar-refractivity contribution < 1.29 is 14.3 Å². The SMILES string of the molecule is C[C@H](C#N)OC(=O)C[C@H]1Sc2ccc(Cl)cc2NC1=O. The lowest BCUT2D eigenvalue weighted by Gasteiger charge is -2.23. The fourth-order valence-corrected chi connectivity index (χ4v) is 2.93. The van der Waals surface area contributed by atoms with Crippen molar-refractivity contribution in [2.24, 2.45) is 0 Å². The number of thioether (sulfide) groups is 1. The monoisotopic (exact) mass is 310 g/mol. The van der Waals surface area contributed by atoms with Crippen molar-refractivity contribution in [2.45, 2.75) is 29.6 Å². The van der Waals surface area contributed by atoms with Gasteiger partial charge in [-0.05, 0) is 25.1 Å². The summed E-state index contributed by atoms with van der Waals surface area (Å²) < 4.78 is 4.84. The van der Waals surface area contributed by atoms with Crippen LogP contribution in [0.1, 0.15) is 13.3 Å². The second-order valence-electron chi connectivity index (χ2n) is 4.20. The number of nitrogens with zero attached hydrogens (tertiary/aromatic N) is 1. The molecule has 1 N–H and O–H groups in total. The third-order valence-electron chi connectivity index (χ3n) is 2.60. The highest BCUT2D eigenvalue weighted by Gasteiger charge is 2.30. The molecule has 0 fully saturated rings. The lowest BCUT2D eigenvalue weighted by atomic mass is 10.2. The minimum absolute atomic E-state index is 0.0788. The first-order valence-corrected chi connectivity index (χ1v) is 7.11. The van der Waals surface area contributed by atoms with Crippen LogP contribution in [-0.4, -0.2) is 23.2 Å². The molecule has 20 heavy (non-hydrogen) atoms. The van der Waals surface area contributed by atoms with Crippen LogP contribution in [0.5, 0.6) is 0 Å². The lowest BCUT2D eigenvalue weighted by molar-refractivity contribution is -0.146. The van der Waals surface area contributed by atoms with E-state index in [-0.39, 0.29) is 12.3 Å². The topological polar surface area (TPSA) is 79.2 Å². The highest BCUT2D eigenvalue weighted by molar-refractivity contribution is 8.01. The average Bonchev–Trinajstić information content (AvgIpc) is 2.39. The number of amides is 1. The summed E-state index contributed by atoms with van der Waals surface area (Å²) in [6.07, 6.45) is -0.893. The van der Waals surface area contributed by atoms with E-state index in [2.05, 4.69) is 5.32 Å². The first kappa shape index (κ1) is 14.7. The van der Waals surface area contributed by atoms with Crippen molar-refractivity contribution in [3.63, 3.8) is 0 Å². The van der Waals surface area contributed by atoms with Gasteiger partial charge in [0.25, 0.3) is 0 Å². The Morgan fingerprint density at radius 1 is 1.65 bits per heavy atom. The maximum atomic E-state index is 11.9.